The quantitative estimate of drug-likeness (QED) is 0.731. The minimum Gasteiger partial charge on any atom is -0.479 e. The second-order valence-electron chi connectivity index (χ2n) is 3.81. The Morgan fingerprint density at radius 3 is 2.29 bits per heavy atom. The van der Waals surface area contributed by atoms with Crippen LogP contribution < -0.4 is 4.74 Å². The molecule has 1 aromatic rings. The highest BCUT2D eigenvalue weighted by atomic mass is 16.6. The number of hydrogen-bond donors (Lipinski definition) is 0. The van der Waals surface area contributed by atoms with Gasteiger partial charge in [0.25, 0.3) is 0 Å². The highest BCUT2D eigenvalue weighted by Crippen LogP contribution is 2.14. The molecule has 0 spiro atoms. The summed E-state index contributed by atoms with van der Waals surface area (Å²) < 4.78 is 9.92. The van der Waals surface area contributed by atoms with E-state index in [2.05, 4.69) is 4.74 Å². The predicted molar refractivity (Wildman–Crippen MR) is 62.9 cm³/mol. The van der Waals surface area contributed by atoms with E-state index in [4.69, 9.17) is 4.74 Å². The molecule has 0 heterocycles. The fourth-order valence-electron chi connectivity index (χ4n) is 1.39. The van der Waals surface area contributed by atoms with Crippen LogP contribution in [0.4, 0.5) is 0 Å². The summed E-state index contributed by atoms with van der Waals surface area (Å²) in [5.74, 6) is 0.273. The van der Waals surface area contributed by atoms with E-state index in [1.165, 1.54) is 7.11 Å². The molecule has 0 aromatic heterocycles. The summed E-state index contributed by atoms with van der Waals surface area (Å²) in [5.41, 5.74) is 0.926. The van der Waals surface area contributed by atoms with Crippen molar-refractivity contribution >= 4 is 11.8 Å². The highest BCUT2D eigenvalue weighted by molar-refractivity contribution is 5.78. The zero-order chi connectivity index (χ0) is 12.8. The van der Waals surface area contributed by atoms with Crippen LogP contribution in [0.1, 0.15) is 19.4 Å². The van der Waals surface area contributed by atoms with Gasteiger partial charge in [0.05, 0.1) is 7.11 Å². The summed E-state index contributed by atoms with van der Waals surface area (Å²) in [6, 6.07) is 7.08. The van der Waals surface area contributed by atoms with Crippen LogP contribution in [-0.2, 0) is 20.7 Å². The molecule has 4 heteroatoms. The van der Waals surface area contributed by atoms with Crippen LogP contribution in [0.15, 0.2) is 24.3 Å². The second kappa shape index (κ2) is 6.03. The van der Waals surface area contributed by atoms with Crippen LogP contribution in [-0.4, -0.2) is 25.0 Å². The normalized spacial score (nSPS) is 11.7. The predicted octanol–water partition coefficient (Wildman–Crippen LogP) is 1.76. The summed E-state index contributed by atoms with van der Waals surface area (Å²) in [6.07, 6.45) is -0.231. The lowest BCUT2D eigenvalue weighted by molar-refractivity contribution is -0.147. The van der Waals surface area contributed by atoms with Crippen molar-refractivity contribution < 1.29 is 19.1 Å². The molecule has 92 valence electrons. The van der Waals surface area contributed by atoms with Crippen molar-refractivity contribution in [1.82, 2.24) is 0 Å². The maximum absolute atomic E-state index is 11.1. The van der Waals surface area contributed by atoms with Crippen LogP contribution in [0.2, 0.25) is 0 Å². The molecule has 0 aliphatic carbocycles. The molecular formula is C13H16O4. The van der Waals surface area contributed by atoms with E-state index in [9.17, 15) is 9.59 Å². The number of benzene rings is 1. The van der Waals surface area contributed by atoms with Crippen LogP contribution in [0.25, 0.3) is 0 Å². The van der Waals surface area contributed by atoms with Gasteiger partial charge >= 0.3 is 5.97 Å². The number of Topliss-reactive ketones (excluding diaryl/α,β-unsaturated/α-hetero) is 1. The Morgan fingerprint density at radius 2 is 1.82 bits per heavy atom. The third-order valence-electron chi connectivity index (χ3n) is 2.22. The van der Waals surface area contributed by atoms with Crippen LogP contribution >= 0.6 is 0 Å². The number of rotatable bonds is 5. The second-order valence-corrected chi connectivity index (χ2v) is 3.81. The monoisotopic (exact) mass is 236 g/mol. The third kappa shape index (κ3) is 4.26. The van der Waals surface area contributed by atoms with Gasteiger partial charge in [-0.2, -0.15) is 0 Å². The number of methoxy groups -OCH3 is 1. The SMILES string of the molecule is COC(=O)[C@H](C)Oc1ccc(CC(C)=O)cc1. The Hall–Kier alpha value is -1.84. The van der Waals surface area contributed by atoms with E-state index in [0.29, 0.717) is 12.2 Å². The van der Waals surface area contributed by atoms with Crippen LogP contribution in [0, 0.1) is 0 Å². The first-order valence-corrected chi connectivity index (χ1v) is 5.35. The molecule has 0 saturated carbocycles. The Bertz CT molecular complexity index is 394. The Labute approximate surface area is 101 Å². The lowest BCUT2D eigenvalue weighted by Crippen LogP contribution is -2.24. The molecule has 0 N–H and O–H groups in total. The van der Waals surface area contributed by atoms with Crippen molar-refractivity contribution in [3.8, 4) is 5.75 Å². The molecule has 0 amide bonds. The summed E-state index contributed by atoms with van der Waals surface area (Å²) in [7, 11) is 1.32. The van der Waals surface area contributed by atoms with Crippen molar-refractivity contribution in [3.05, 3.63) is 29.8 Å². The number of ether oxygens (including phenoxy) is 2. The molecule has 1 aromatic carbocycles. The maximum Gasteiger partial charge on any atom is 0.346 e. The summed E-state index contributed by atoms with van der Waals surface area (Å²) in [5, 5.41) is 0. The van der Waals surface area contributed by atoms with Gasteiger partial charge in [-0.05, 0) is 31.5 Å². The van der Waals surface area contributed by atoms with E-state index < -0.39 is 12.1 Å². The fourth-order valence-corrected chi connectivity index (χ4v) is 1.39. The molecule has 1 rings (SSSR count). The van der Waals surface area contributed by atoms with Crippen molar-refractivity contribution in [2.75, 3.05) is 7.11 Å². The number of carbonyl (C=O) groups excluding carboxylic acids is 2. The molecule has 17 heavy (non-hydrogen) atoms. The van der Waals surface area contributed by atoms with Crippen LogP contribution in [0.3, 0.4) is 0 Å². The van der Waals surface area contributed by atoms with Crippen molar-refractivity contribution in [2.24, 2.45) is 0 Å². The molecule has 0 bridgehead atoms. The first kappa shape index (κ1) is 13.2. The number of hydrogen-bond acceptors (Lipinski definition) is 4. The van der Waals surface area contributed by atoms with Gasteiger partial charge in [-0.25, -0.2) is 4.79 Å². The minimum absolute atomic E-state index is 0.113. The Kier molecular flexibility index (Phi) is 4.69. The maximum atomic E-state index is 11.1. The van der Waals surface area contributed by atoms with Gasteiger partial charge in [-0.1, -0.05) is 12.1 Å². The largest absolute Gasteiger partial charge is 0.479 e. The minimum atomic E-state index is -0.640. The molecule has 1 atom stereocenters. The summed E-state index contributed by atoms with van der Waals surface area (Å²) >= 11 is 0. The molecular weight excluding hydrogens is 220 g/mol. The molecule has 0 aliphatic rings. The third-order valence-corrected chi connectivity index (χ3v) is 2.22. The van der Waals surface area contributed by atoms with Gasteiger partial charge in [-0.3, -0.25) is 4.79 Å². The molecule has 0 radical (unpaired) electrons. The van der Waals surface area contributed by atoms with Gasteiger partial charge < -0.3 is 9.47 Å². The first-order chi connectivity index (χ1) is 8.02. The van der Waals surface area contributed by atoms with Gasteiger partial charge in [0.15, 0.2) is 6.10 Å². The van der Waals surface area contributed by atoms with Crippen molar-refractivity contribution in [1.29, 1.82) is 0 Å². The van der Waals surface area contributed by atoms with Gasteiger partial charge in [0.2, 0.25) is 0 Å². The zero-order valence-corrected chi connectivity index (χ0v) is 10.2. The standard InChI is InChI=1S/C13H16O4/c1-9(14)8-11-4-6-12(7-5-11)17-10(2)13(15)16-3/h4-7,10H,8H2,1-3H3/t10-/m0/s1. The number of carbonyl (C=O) groups is 2. The summed E-state index contributed by atoms with van der Waals surface area (Å²) in [4.78, 5) is 22.0. The van der Waals surface area contributed by atoms with E-state index in [0.717, 1.165) is 5.56 Å². The van der Waals surface area contributed by atoms with Gasteiger partial charge in [-0.15, -0.1) is 0 Å². The topological polar surface area (TPSA) is 52.6 Å². The van der Waals surface area contributed by atoms with E-state index in [1.807, 2.05) is 0 Å². The van der Waals surface area contributed by atoms with Crippen LogP contribution in [0.5, 0.6) is 5.75 Å². The van der Waals surface area contributed by atoms with Crippen molar-refractivity contribution in [2.45, 2.75) is 26.4 Å². The molecule has 0 aliphatic heterocycles. The van der Waals surface area contributed by atoms with Gasteiger partial charge in [0, 0.05) is 6.42 Å². The lowest BCUT2D eigenvalue weighted by Gasteiger charge is -2.12. The average Bonchev–Trinajstić information content (AvgIpc) is 2.30. The molecule has 0 fully saturated rings. The van der Waals surface area contributed by atoms with Crippen molar-refractivity contribution in [3.63, 3.8) is 0 Å². The number of esters is 1. The lowest BCUT2D eigenvalue weighted by atomic mass is 10.1. The smallest absolute Gasteiger partial charge is 0.346 e. The average molecular weight is 236 g/mol. The molecule has 0 saturated heterocycles. The van der Waals surface area contributed by atoms with E-state index in [-0.39, 0.29) is 5.78 Å². The highest BCUT2D eigenvalue weighted by Gasteiger charge is 2.14. The van der Waals surface area contributed by atoms with E-state index >= 15 is 0 Å². The Balaban J connectivity index is 2.62. The molecule has 0 unspecified atom stereocenters. The molecule has 4 nitrogen and oxygen atoms in total. The summed E-state index contributed by atoms with van der Waals surface area (Å²) in [6.45, 7) is 3.17. The first-order valence-electron chi connectivity index (χ1n) is 5.35. The number of ketones is 1. The van der Waals surface area contributed by atoms with E-state index in [1.54, 1.807) is 38.1 Å². The zero-order valence-electron chi connectivity index (χ0n) is 10.2. The Morgan fingerprint density at radius 1 is 1.24 bits per heavy atom. The van der Waals surface area contributed by atoms with Gasteiger partial charge in [0.1, 0.15) is 11.5 Å². The fraction of sp³-hybridized carbons (Fsp3) is 0.385.